The summed E-state index contributed by atoms with van der Waals surface area (Å²) < 4.78 is 2.24. The van der Waals surface area contributed by atoms with Gasteiger partial charge in [-0.1, -0.05) is 25.1 Å². The standard InChI is InChI=1S/C25H28N4O3/c1-3-28-20-7-5-4-6-18(20)19-14-17(8-9-21(19)28)26-22(30)15-29-23(31)25(27-24(29)32)12-10-16(2)11-13-25/h4-9,14,16H,3,10-13,15H2,1-2H3,(H,26,30)(H,27,32). The molecule has 4 amide bonds. The maximum absolute atomic E-state index is 13.0. The van der Waals surface area contributed by atoms with Crippen molar-refractivity contribution in [3.05, 3.63) is 42.5 Å². The van der Waals surface area contributed by atoms with Crippen LogP contribution in [0.25, 0.3) is 21.8 Å². The van der Waals surface area contributed by atoms with Gasteiger partial charge in [0.1, 0.15) is 12.1 Å². The molecule has 1 aliphatic heterocycles. The third kappa shape index (κ3) is 3.23. The van der Waals surface area contributed by atoms with Crippen molar-refractivity contribution in [2.24, 2.45) is 5.92 Å². The van der Waals surface area contributed by atoms with E-state index in [2.05, 4.69) is 41.2 Å². The van der Waals surface area contributed by atoms with Crippen LogP contribution in [0.5, 0.6) is 0 Å². The van der Waals surface area contributed by atoms with E-state index < -0.39 is 11.6 Å². The third-order valence-corrected chi connectivity index (χ3v) is 7.05. The number of aromatic nitrogens is 1. The molecule has 0 bridgehead atoms. The number of rotatable bonds is 4. The van der Waals surface area contributed by atoms with Crippen LogP contribution in [0.15, 0.2) is 42.5 Å². The topological polar surface area (TPSA) is 83.4 Å². The van der Waals surface area contributed by atoms with Gasteiger partial charge < -0.3 is 15.2 Å². The van der Waals surface area contributed by atoms with Crippen molar-refractivity contribution in [3.63, 3.8) is 0 Å². The second-order valence-electron chi connectivity index (χ2n) is 9.13. The molecule has 2 N–H and O–H groups in total. The highest BCUT2D eigenvalue weighted by molar-refractivity contribution is 6.12. The number of hydrogen-bond donors (Lipinski definition) is 2. The fraction of sp³-hybridized carbons (Fsp3) is 0.400. The Bertz CT molecular complexity index is 1240. The lowest BCUT2D eigenvalue weighted by atomic mass is 9.77. The highest BCUT2D eigenvalue weighted by atomic mass is 16.2. The number of anilines is 1. The van der Waals surface area contributed by atoms with Gasteiger partial charge in [-0.2, -0.15) is 0 Å². The normalized spacial score (nSPS) is 23.3. The van der Waals surface area contributed by atoms with Crippen LogP contribution in [0.2, 0.25) is 0 Å². The minimum absolute atomic E-state index is 0.272. The quantitative estimate of drug-likeness (QED) is 0.605. The Hall–Kier alpha value is -3.35. The molecular formula is C25H28N4O3. The Morgan fingerprint density at radius 2 is 1.81 bits per heavy atom. The van der Waals surface area contributed by atoms with Gasteiger partial charge >= 0.3 is 6.03 Å². The van der Waals surface area contributed by atoms with E-state index in [0.717, 1.165) is 46.1 Å². The molecule has 0 radical (unpaired) electrons. The van der Waals surface area contributed by atoms with E-state index in [1.807, 2.05) is 30.3 Å². The number of urea groups is 1. The zero-order valence-electron chi connectivity index (χ0n) is 18.5. The van der Waals surface area contributed by atoms with Gasteiger partial charge in [-0.3, -0.25) is 14.5 Å². The Morgan fingerprint density at radius 3 is 2.56 bits per heavy atom. The summed E-state index contributed by atoms with van der Waals surface area (Å²) in [5.41, 5.74) is 2.08. The molecular weight excluding hydrogens is 404 g/mol. The fourth-order valence-corrected chi connectivity index (χ4v) is 5.23. The van der Waals surface area contributed by atoms with E-state index in [1.54, 1.807) is 0 Å². The molecule has 1 saturated heterocycles. The zero-order chi connectivity index (χ0) is 22.5. The second-order valence-corrected chi connectivity index (χ2v) is 9.13. The number of nitrogens with zero attached hydrogens (tertiary/aromatic N) is 2. The van der Waals surface area contributed by atoms with Crippen molar-refractivity contribution in [3.8, 4) is 0 Å². The second kappa shape index (κ2) is 7.65. The Kier molecular flexibility index (Phi) is 4.92. The summed E-state index contributed by atoms with van der Waals surface area (Å²) >= 11 is 0. The summed E-state index contributed by atoms with van der Waals surface area (Å²) in [6.07, 6.45) is 3.07. The molecule has 1 spiro atoms. The first kappa shape index (κ1) is 20.5. The SMILES string of the molecule is CCn1c2ccccc2c2cc(NC(=O)CN3C(=O)NC4(CCC(C)CC4)C3=O)ccc21. The fourth-order valence-electron chi connectivity index (χ4n) is 5.23. The molecule has 2 aromatic carbocycles. The van der Waals surface area contributed by atoms with E-state index in [4.69, 9.17) is 0 Å². The van der Waals surface area contributed by atoms with Crippen molar-refractivity contribution >= 4 is 45.3 Å². The highest BCUT2D eigenvalue weighted by Crippen LogP contribution is 2.36. The van der Waals surface area contributed by atoms with Gasteiger partial charge in [-0.15, -0.1) is 0 Å². The van der Waals surface area contributed by atoms with Crippen LogP contribution >= 0.6 is 0 Å². The molecule has 2 fully saturated rings. The number of hydrogen-bond acceptors (Lipinski definition) is 3. The molecule has 7 heteroatoms. The average molecular weight is 433 g/mol. The largest absolute Gasteiger partial charge is 0.341 e. The van der Waals surface area contributed by atoms with Crippen molar-refractivity contribution in [2.45, 2.75) is 51.6 Å². The molecule has 1 aromatic heterocycles. The molecule has 166 valence electrons. The number of nitrogens with one attached hydrogen (secondary N) is 2. The van der Waals surface area contributed by atoms with Gasteiger partial charge in [0.25, 0.3) is 5.91 Å². The van der Waals surface area contributed by atoms with E-state index >= 15 is 0 Å². The Labute approximate surface area is 186 Å². The first-order valence-electron chi connectivity index (χ1n) is 11.4. The number of imide groups is 1. The van der Waals surface area contributed by atoms with E-state index in [1.165, 1.54) is 0 Å². The zero-order valence-corrected chi connectivity index (χ0v) is 18.5. The maximum atomic E-state index is 13.0. The van der Waals surface area contributed by atoms with Gasteiger partial charge in [-0.25, -0.2) is 4.79 Å². The molecule has 0 unspecified atom stereocenters. The number of benzene rings is 2. The van der Waals surface area contributed by atoms with Gasteiger partial charge in [0.2, 0.25) is 5.91 Å². The van der Waals surface area contributed by atoms with Gasteiger partial charge in [0, 0.05) is 34.0 Å². The van der Waals surface area contributed by atoms with Crippen LogP contribution in [0, 0.1) is 5.92 Å². The minimum Gasteiger partial charge on any atom is -0.341 e. The predicted octanol–water partition coefficient (Wildman–Crippen LogP) is 4.25. The highest BCUT2D eigenvalue weighted by Gasteiger charge is 2.52. The summed E-state index contributed by atoms with van der Waals surface area (Å²) in [4.78, 5) is 39.3. The van der Waals surface area contributed by atoms with E-state index in [9.17, 15) is 14.4 Å². The molecule has 0 atom stereocenters. The Morgan fingerprint density at radius 1 is 1.09 bits per heavy atom. The first-order valence-corrected chi connectivity index (χ1v) is 11.4. The number of carbonyl (C=O) groups excluding carboxylic acids is 3. The number of fused-ring (bicyclic) bond motifs is 3. The number of carbonyl (C=O) groups is 3. The van der Waals surface area contributed by atoms with Crippen LogP contribution < -0.4 is 10.6 Å². The van der Waals surface area contributed by atoms with Crippen molar-refractivity contribution in [2.75, 3.05) is 11.9 Å². The lowest BCUT2D eigenvalue weighted by Gasteiger charge is -2.33. The predicted molar refractivity (Wildman–Crippen MR) is 124 cm³/mol. The molecule has 3 aromatic rings. The number of amides is 4. The lowest BCUT2D eigenvalue weighted by Crippen LogP contribution is -2.49. The van der Waals surface area contributed by atoms with Crippen LogP contribution in [0.1, 0.15) is 39.5 Å². The van der Waals surface area contributed by atoms with Crippen molar-refractivity contribution in [1.82, 2.24) is 14.8 Å². The molecule has 1 aliphatic carbocycles. The Balaban J connectivity index is 1.35. The van der Waals surface area contributed by atoms with Crippen LogP contribution in [0.4, 0.5) is 10.5 Å². The lowest BCUT2D eigenvalue weighted by molar-refractivity contribution is -0.135. The smallest absolute Gasteiger partial charge is 0.325 e. The van der Waals surface area contributed by atoms with Crippen molar-refractivity contribution in [1.29, 1.82) is 0 Å². The molecule has 7 nitrogen and oxygen atoms in total. The minimum atomic E-state index is -0.829. The van der Waals surface area contributed by atoms with Crippen LogP contribution in [-0.2, 0) is 16.1 Å². The average Bonchev–Trinajstić information content (AvgIpc) is 3.22. The van der Waals surface area contributed by atoms with E-state index in [-0.39, 0.29) is 18.4 Å². The van der Waals surface area contributed by atoms with Gasteiger partial charge in [0.05, 0.1) is 0 Å². The molecule has 32 heavy (non-hydrogen) atoms. The first-order chi connectivity index (χ1) is 15.4. The summed E-state index contributed by atoms with van der Waals surface area (Å²) in [7, 11) is 0. The molecule has 1 saturated carbocycles. The molecule has 2 aliphatic rings. The molecule has 2 heterocycles. The van der Waals surface area contributed by atoms with Crippen molar-refractivity contribution < 1.29 is 14.4 Å². The number of aryl methyl sites for hydroxylation is 1. The monoisotopic (exact) mass is 432 g/mol. The van der Waals surface area contributed by atoms with E-state index in [0.29, 0.717) is 24.4 Å². The summed E-state index contributed by atoms with van der Waals surface area (Å²) in [6.45, 7) is 4.84. The summed E-state index contributed by atoms with van der Waals surface area (Å²) in [5, 5.41) is 7.93. The maximum Gasteiger partial charge on any atom is 0.325 e. The number of para-hydroxylation sites is 1. The van der Waals surface area contributed by atoms with Crippen LogP contribution in [0.3, 0.4) is 0 Å². The summed E-state index contributed by atoms with van der Waals surface area (Å²) in [6, 6.07) is 13.5. The van der Waals surface area contributed by atoms with Gasteiger partial charge in [-0.05, 0) is 62.8 Å². The third-order valence-electron chi connectivity index (χ3n) is 7.05. The molecule has 5 rings (SSSR count). The van der Waals surface area contributed by atoms with Crippen LogP contribution in [-0.4, -0.2) is 39.4 Å². The summed E-state index contributed by atoms with van der Waals surface area (Å²) in [5.74, 6) is -0.101. The van der Waals surface area contributed by atoms with Gasteiger partial charge in [0.15, 0.2) is 0 Å².